The lowest BCUT2D eigenvalue weighted by molar-refractivity contribution is 0.0908. The van der Waals surface area contributed by atoms with E-state index >= 15 is 0 Å². The highest BCUT2D eigenvalue weighted by Crippen LogP contribution is 2.21. The predicted molar refractivity (Wildman–Crippen MR) is 97.3 cm³/mol. The number of aromatic nitrogens is 2. The van der Waals surface area contributed by atoms with Gasteiger partial charge in [0, 0.05) is 11.1 Å². The standard InChI is InChI=1S/C20H20FN3O2/c1-20(2,12-13-3-7-15(21)8-4-13)22-19(26)18-11-17(23-24-18)14-5-9-16(25)10-6-14/h3-11,25H,12H2,1-2H3,(H,22,26)(H,23,24). The number of amides is 1. The lowest BCUT2D eigenvalue weighted by Gasteiger charge is -2.26. The zero-order valence-corrected chi connectivity index (χ0v) is 14.6. The SMILES string of the molecule is CC(C)(Cc1ccc(F)cc1)NC(=O)c1cc(-c2ccc(O)cc2)n[nH]1. The van der Waals surface area contributed by atoms with Gasteiger partial charge in [-0.25, -0.2) is 4.39 Å². The lowest BCUT2D eigenvalue weighted by atomic mass is 9.94. The molecule has 3 rings (SSSR count). The van der Waals surface area contributed by atoms with Gasteiger partial charge in [-0.2, -0.15) is 5.10 Å². The second-order valence-corrected chi connectivity index (χ2v) is 6.85. The van der Waals surface area contributed by atoms with Gasteiger partial charge in [0.2, 0.25) is 0 Å². The number of hydrogen-bond acceptors (Lipinski definition) is 3. The first-order chi connectivity index (χ1) is 12.3. The third-order valence-corrected chi connectivity index (χ3v) is 4.00. The van der Waals surface area contributed by atoms with E-state index in [2.05, 4.69) is 15.5 Å². The van der Waals surface area contributed by atoms with Crippen molar-refractivity contribution in [2.75, 3.05) is 0 Å². The van der Waals surface area contributed by atoms with Gasteiger partial charge in [0.25, 0.3) is 5.91 Å². The van der Waals surface area contributed by atoms with E-state index < -0.39 is 5.54 Å². The molecule has 0 atom stereocenters. The van der Waals surface area contributed by atoms with Crippen LogP contribution in [-0.4, -0.2) is 26.7 Å². The summed E-state index contributed by atoms with van der Waals surface area (Å²) in [5.74, 6) is -0.380. The van der Waals surface area contributed by atoms with Gasteiger partial charge in [-0.15, -0.1) is 0 Å². The minimum atomic E-state index is -0.515. The Kier molecular flexibility index (Phi) is 4.75. The largest absolute Gasteiger partial charge is 0.508 e. The van der Waals surface area contributed by atoms with Crippen LogP contribution in [0.15, 0.2) is 54.6 Å². The Labute approximate surface area is 150 Å². The molecule has 0 saturated carbocycles. The van der Waals surface area contributed by atoms with Crippen molar-refractivity contribution in [1.29, 1.82) is 0 Å². The number of halogens is 1. The Morgan fingerprint density at radius 1 is 1.15 bits per heavy atom. The highest BCUT2D eigenvalue weighted by Gasteiger charge is 2.23. The monoisotopic (exact) mass is 353 g/mol. The Balaban J connectivity index is 1.69. The molecule has 3 N–H and O–H groups in total. The average Bonchev–Trinajstić information content (AvgIpc) is 3.07. The van der Waals surface area contributed by atoms with Gasteiger partial charge in [-0.3, -0.25) is 9.89 Å². The van der Waals surface area contributed by atoms with E-state index in [4.69, 9.17) is 0 Å². The van der Waals surface area contributed by atoms with Crippen molar-refractivity contribution in [2.45, 2.75) is 25.8 Å². The van der Waals surface area contributed by atoms with Crippen LogP contribution in [0.25, 0.3) is 11.3 Å². The molecule has 1 heterocycles. The molecule has 1 aromatic heterocycles. The van der Waals surface area contributed by atoms with Crippen molar-refractivity contribution in [3.8, 4) is 17.0 Å². The molecule has 0 saturated heterocycles. The van der Waals surface area contributed by atoms with Crippen LogP contribution in [0.4, 0.5) is 4.39 Å². The average molecular weight is 353 g/mol. The predicted octanol–water partition coefficient (Wildman–Crippen LogP) is 3.67. The van der Waals surface area contributed by atoms with Gasteiger partial charge in [0.05, 0.1) is 5.69 Å². The van der Waals surface area contributed by atoms with Crippen LogP contribution >= 0.6 is 0 Å². The van der Waals surface area contributed by atoms with Crippen LogP contribution in [0, 0.1) is 5.82 Å². The molecule has 0 aliphatic rings. The third kappa shape index (κ3) is 4.27. The number of aromatic amines is 1. The van der Waals surface area contributed by atoms with Crippen molar-refractivity contribution in [2.24, 2.45) is 0 Å². The number of nitrogens with zero attached hydrogens (tertiary/aromatic N) is 1. The normalized spacial score (nSPS) is 11.3. The number of phenols is 1. The highest BCUT2D eigenvalue weighted by atomic mass is 19.1. The molecule has 2 aromatic carbocycles. The zero-order valence-electron chi connectivity index (χ0n) is 14.6. The first-order valence-corrected chi connectivity index (χ1v) is 8.24. The van der Waals surface area contributed by atoms with Crippen LogP contribution in [-0.2, 0) is 6.42 Å². The number of H-pyrrole nitrogens is 1. The second-order valence-electron chi connectivity index (χ2n) is 6.85. The molecule has 0 radical (unpaired) electrons. The van der Waals surface area contributed by atoms with Crippen molar-refractivity contribution in [3.63, 3.8) is 0 Å². The van der Waals surface area contributed by atoms with Crippen molar-refractivity contribution >= 4 is 5.91 Å². The number of aromatic hydroxyl groups is 1. The first-order valence-electron chi connectivity index (χ1n) is 8.24. The van der Waals surface area contributed by atoms with Gasteiger partial charge in [0.1, 0.15) is 17.3 Å². The Bertz CT molecular complexity index is 900. The molecule has 0 aliphatic carbocycles. The van der Waals surface area contributed by atoms with E-state index in [1.165, 1.54) is 12.1 Å². The number of phenolic OH excluding ortho intramolecular Hbond substituents is 1. The van der Waals surface area contributed by atoms with E-state index in [1.54, 1.807) is 42.5 Å². The van der Waals surface area contributed by atoms with Crippen LogP contribution in [0.3, 0.4) is 0 Å². The van der Waals surface area contributed by atoms with Crippen molar-refractivity contribution in [1.82, 2.24) is 15.5 Å². The van der Waals surface area contributed by atoms with Crippen LogP contribution < -0.4 is 5.32 Å². The number of nitrogens with one attached hydrogen (secondary N) is 2. The topological polar surface area (TPSA) is 78.0 Å². The maximum absolute atomic E-state index is 13.0. The summed E-state index contributed by atoms with van der Waals surface area (Å²) in [7, 11) is 0. The van der Waals surface area contributed by atoms with E-state index in [0.29, 0.717) is 17.8 Å². The van der Waals surface area contributed by atoms with E-state index in [9.17, 15) is 14.3 Å². The Morgan fingerprint density at radius 3 is 2.46 bits per heavy atom. The Hall–Kier alpha value is -3.15. The van der Waals surface area contributed by atoms with Crippen LogP contribution in [0.2, 0.25) is 0 Å². The summed E-state index contributed by atoms with van der Waals surface area (Å²) in [6.07, 6.45) is 0.567. The molecule has 1 amide bonds. The molecule has 0 unspecified atom stereocenters. The molecule has 5 nitrogen and oxygen atoms in total. The number of benzene rings is 2. The van der Waals surface area contributed by atoms with Gasteiger partial charge in [-0.1, -0.05) is 12.1 Å². The lowest BCUT2D eigenvalue weighted by Crippen LogP contribution is -2.45. The van der Waals surface area contributed by atoms with E-state index in [0.717, 1.165) is 11.1 Å². The summed E-state index contributed by atoms with van der Waals surface area (Å²) < 4.78 is 13.0. The maximum Gasteiger partial charge on any atom is 0.269 e. The summed E-state index contributed by atoms with van der Waals surface area (Å²) >= 11 is 0. The zero-order chi connectivity index (χ0) is 18.7. The molecule has 0 spiro atoms. The van der Waals surface area contributed by atoms with Gasteiger partial charge < -0.3 is 10.4 Å². The first kappa shape index (κ1) is 17.7. The van der Waals surface area contributed by atoms with E-state index in [1.807, 2.05) is 13.8 Å². The van der Waals surface area contributed by atoms with Gasteiger partial charge in [0.15, 0.2) is 0 Å². The molecule has 0 bridgehead atoms. The molecular weight excluding hydrogens is 333 g/mol. The molecule has 0 aliphatic heterocycles. The number of hydrogen-bond donors (Lipinski definition) is 3. The van der Waals surface area contributed by atoms with Crippen LogP contribution in [0.1, 0.15) is 29.9 Å². The number of carbonyl (C=O) groups excluding carboxylic acids is 1. The fourth-order valence-electron chi connectivity index (χ4n) is 2.75. The molecule has 0 fully saturated rings. The van der Waals surface area contributed by atoms with Crippen molar-refractivity contribution in [3.05, 3.63) is 71.7 Å². The molecule has 6 heteroatoms. The summed E-state index contributed by atoms with van der Waals surface area (Å²) in [4.78, 5) is 12.5. The quantitative estimate of drug-likeness (QED) is 0.655. The fourth-order valence-corrected chi connectivity index (χ4v) is 2.75. The molecule has 3 aromatic rings. The number of rotatable bonds is 5. The molecular formula is C20H20FN3O2. The molecule has 134 valence electrons. The maximum atomic E-state index is 13.0. The van der Waals surface area contributed by atoms with Crippen LogP contribution in [0.5, 0.6) is 5.75 Å². The summed E-state index contributed by atoms with van der Waals surface area (Å²) in [5, 5.41) is 19.2. The van der Waals surface area contributed by atoms with Gasteiger partial charge in [-0.05, 0) is 68.3 Å². The molecule has 26 heavy (non-hydrogen) atoms. The summed E-state index contributed by atoms with van der Waals surface area (Å²) in [6.45, 7) is 3.82. The second kappa shape index (κ2) is 7.00. The van der Waals surface area contributed by atoms with Crippen molar-refractivity contribution < 1.29 is 14.3 Å². The van der Waals surface area contributed by atoms with E-state index in [-0.39, 0.29) is 17.5 Å². The summed E-state index contributed by atoms with van der Waals surface area (Å²) in [6, 6.07) is 14.5. The minimum Gasteiger partial charge on any atom is -0.508 e. The summed E-state index contributed by atoms with van der Waals surface area (Å²) in [5.41, 5.74) is 2.18. The number of carbonyl (C=O) groups is 1. The third-order valence-electron chi connectivity index (χ3n) is 4.00. The minimum absolute atomic E-state index is 0.171. The van der Waals surface area contributed by atoms with Gasteiger partial charge >= 0.3 is 0 Å². The highest BCUT2D eigenvalue weighted by molar-refractivity contribution is 5.93. The Morgan fingerprint density at radius 2 is 1.81 bits per heavy atom. The fraction of sp³-hybridized carbons (Fsp3) is 0.200. The smallest absolute Gasteiger partial charge is 0.269 e.